The minimum Gasteiger partial charge on any atom is -0.422 e. The normalized spacial score (nSPS) is 20.7. The van der Waals surface area contributed by atoms with Crippen LogP contribution in [0.25, 0.3) is 0 Å². The van der Waals surface area contributed by atoms with E-state index in [-0.39, 0.29) is 11.7 Å². The van der Waals surface area contributed by atoms with Crippen molar-refractivity contribution < 1.29 is 15.2 Å². The largest absolute Gasteiger partial charge is 0.508 e. The monoisotopic (exact) mass is 208 g/mol. The molecule has 0 spiro atoms. The summed E-state index contributed by atoms with van der Waals surface area (Å²) >= 11 is 0. The van der Waals surface area contributed by atoms with Gasteiger partial charge in [-0.15, -0.1) is 0 Å². The Kier molecular flexibility index (Phi) is 2.90. The predicted molar refractivity (Wildman–Crippen MR) is 56.9 cm³/mol. The molecule has 0 radical (unpaired) electrons. The second-order valence-corrected chi connectivity index (χ2v) is 3.68. The average Bonchev–Trinajstić information content (AvgIpc) is 2.65. The fourth-order valence-corrected chi connectivity index (χ4v) is 1.71. The lowest BCUT2D eigenvalue weighted by molar-refractivity contribution is 0.198. The molecule has 0 unspecified atom stereocenters. The average molecular weight is 208 g/mol. The van der Waals surface area contributed by atoms with Crippen molar-refractivity contribution in [1.82, 2.24) is 4.98 Å². The van der Waals surface area contributed by atoms with Gasteiger partial charge < -0.3 is 20.1 Å². The van der Waals surface area contributed by atoms with Gasteiger partial charge >= 0.3 is 7.12 Å². The number of anilines is 1. The van der Waals surface area contributed by atoms with E-state index in [1.54, 1.807) is 18.2 Å². The topological polar surface area (TPSA) is 76.8 Å². The Morgan fingerprint density at radius 2 is 2.20 bits per heavy atom. The summed E-state index contributed by atoms with van der Waals surface area (Å²) in [5, 5.41) is 27.3. The highest BCUT2D eigenvalue weighted by molar-refractivity contribution is 6.57. The van der Waals surface area contributed by atoms with Crippen LogP contribution < -0.4 is 10.5 Å². The molecule has 1 atom stereocenters. The maximum absolute atomic E-state index is 9.37. The molecule has 80 valence electrons. The van der Waals surface area contributed by atoms with E-state index in [1.165, 1.54) is 0 Å². The van der Waals surface area contributed by atoms with Crippen molar-refractivity contribution >= 4 is 18.5 Å². The van der Waals surface area contributed by atoms with Crippen molar-refractivity contribution in [2.45, 2.75) is 12.5 Å². The first-order valence-corrected chi connectivity index (χ1v) is 4.93. The quantitative estimate of drug-likeness (QED) is 0.506. The second-order valence-electron chi connectivity index (χ2n) is 3.68. The van der Waals surface area contributed by atoms with Crippen LogP contribution in [0.5, 0.6) is 0 Å². The van der Waals surface area contributed by atoms with Crippen LogP contribution in [-0.2, 0) is 0 Å². The van der Waals surface area contributed by atoms with Gasteiger partial charge in [0.25, 0.3) is 0 Å². The Labute approximate surface area is 88.1 Å². The summed E-state index contributed by atoms with van der Waals surface area (Å²) in [5.41, 5.74) is 0.230. The molecule has 3 N–H and O–H groups in total. The van der Waals surface area contributed by atoms with E-state index in [4.69, 9.17) is 10.0 Å². The lowest BCUT2D eigenvalue weighted by Gasteiger charge is -2.17. The molecule has 0 aromatic carbocycles. The molecule has 0 bridgehead atoms. The molecule has 2 rings (SSSR count). The number of rotatable bonds is 2. The lowest BCUT2D eigenvalue weighted by atomic mass is 9.86. The summed E-state index contributed by atoms with van der Waals surface area (Å²) in [6.45, 7) is 1.30. The van der Waals surface area contributed by atoms with Gasteiger partial charge in [0.05, 0.1) is 11.7 Å². The van der Waals surface area contributed by atoms with Crippen LogP contribution in [0.1, 0.15) is 6.42 Å². The van der Waals surface area contributed by atoms with Crippen molar-refractivity contribution in [1.29, 1.82) is 0 Å². The summed E-state index contributed by atoms with van der Waals surface area (Å²) in [4.78, 5) is 6.03. The molecule has 1 fully saturated rings. The third kappa shape index (κ3) is 2.28. The number of aromatic nitrogens is 1. The highest BCUT2D eigenvalue weighted by Crippen LogP contribution is 2.16. The zero-order chi connectivity index (χ0) is 10.8. The molecule has 0 aliphatic carbocycles. The molecule has 2 heterocycles. The van der Waals surface area contributed by atoms with E-state index in [9.17, 15) is 5.11 Å². The smallest absolute Gasteiger partial charge is 0.422 e. The number of aliphatic hydroxyl groups is 1. The highest BCUT2D eigenvalue weighted by Gasteiger charge is 2.22. The predicted octanol–water partition coefficient (Wildman–Crippen LogP) is -1.67. The molecule has 6 heteroatoms. The molecule has 1 aliphatic rings. The van der Waals surface area contributed by atoms with Gasteiger partial charge in [0.15, 0.2) is 0 Å². The van der Waals surface area contributed by atoms with E-state index in [0.717, 1.165) is 13.0 Å². The zero-order valence-corrected chi connectivity index (χ0v) is 8.24. The first-order chi connectivity index (χ1) is 7.16. The molecular formula is C9H13BN2O3. The SMILES string of the molecule is OB(O)c1cccc(N2CC[C@H](O)C2)n1. The highest BCUT2D eigenvalue weighted by atomic mass is 16.4. The third-order valence-corrected chi connectivity index (χ3v) is 2.51. The summed E-state index contributed by atoms with van der Waals surface area (Å²) < 4.78 is 0. The number of hydrogen-bond donors (Lipinski definition) is 3. The van der Waals surface area contributed by atoms with Gasteiger partial charge in [-0.05, 0) is 18.6 Å². The van der Waals surface area contributed by atoms with Crippen molar-refractivity contribution in [2.75, 3.05) is 18.0 Å². The standard InChI is InChI=1S/C9H13BN2O3/c13-7-4-5-12(6-7)9-3-1-2-8(11-9)10(14)15/h1-3,7,13-15H,4-6H2/t7-/m0/s1. The first-order valence-electron chi connectivity index (χ1n) is 4.93. The van der Waals surface area contributed by atoms with Crippen LogP contribution in [0, 0.1) is 0 Å². The Morgan fingerprint density at radius 3 is 2.80 bits per heavy atom. The molecule has 0 saturated carbocycles. The minimum atomic E-state index is -1.54. The molecule has 5 nitrogen and oxygen atoms in total. The van der Waals surface area contributed by atoms with Crippen LogP contribution in [0.2, 0.25) is 0 Å². The van der Waals surface area contributed by atoms with Crippen LogP contribution in [0.15, 0.2) is 18.2 Å². The fourth-order valence-electron chi connectivity index (χ4n) is 1.71. The van der Waals surface area contributed by atoms with Crippen molar-refractivity contribution in [3.05, 3.63) is 18.2 Å². The molecule has 15 heavy (non-hydrogen) atoms. The van der Waals surface area contributed by atoms with E-state index in [2.05, 4.69) is 4.98 Å². The molecular weight excluding hydrogens is 195 g/mol. The second kappa shape index (κ2) is 4.18. The Bertz CT molecular complexity index is 348. The first kappa shape index (κ1) is 10.4. The van der Waals surface area contributed by atoms with E-state index < -0.39 is 7.12 Å². The number of pyridine rings is 1. The third-order valence-electron chi connectivity index (χ3n) is 2.51. The Morgan fingerprint density at radius 1 is 1.40 bits per heavy atom. The van der Waals surface area contributed by atoms with Crippen molar-refractivity contribution in [2.24, 2.45) is 0 Å². The maximum atomic E-state index is 9.37. The summed E-state index contributed by atoms with van der Waals surface area (Å²) in [5.74, 6) is 0.678. The fraction of sp³-hybridized carbons (Fsp3) is 0.444. The van der Waals surface area contributed by atoms with E-state index in [0.29, 0.717) is 12.4 Å². The van der Waals surface area contributed by atoms with Crippen LogP contribution in [0.4, 0.5) is 5.82 Å². The van der Waals surface area contributed by atoms with Gasteiger partial charge in [0.1, 0.15) is 5.82 Å². The summed E-state index contributed by atoms with van der Waals surface area (Å²) in [6, 6.07) is 5.08. The molecule has 1 saturated heterocycles. The molecule has 0 amide bonds. The maximum Gasteiger partial charge on any atom is 0.508 e. The van der Waals surface area contributed by atoms with E-state index >= 15 is 0 Å². The van der Waals surface area contributed by atoms with Crippen molar-refractivity contribution in [3.63, 3.8) is 0 Å². The Balaban J connectivity index is 2.18. The van der Waals surface area contributed by atoms with Gasteiger partial charge in [-0.3, -0.25) is 0 Å². The van der Waals surface area contributed by atoms with Gasteiger partial charge in [0, 0.05) is 13.1 Å². The molecule has 1 aliphatic heterocycles. The Hall–Kier alpha value is -1.11. The van der Waals surface area contributed by atoms with Gasteiger partial charge in [-0.1, -0.05) is 6.07 Å². The van der Waals surface area contributed by atoms with Crippen LogP contribution >= 0.6 is 0 Å². The van der Waals surface area contributed by atoms with Gasteiger partial charge in [0.2, 0.25) is 0 Å². The van der Waals surface area contributed by atoms with Crippen molar-refractivity contribution in [3.8, 4) is 0 Å². The van der Waals surface area contributed by atoms with Gasteiger partial charge in [-0.2, -0.15) is 0 Å². The minimum absolute atomic E-state index is 0.230. The lowest BCUT2D eigenvalue weighted by Crippen LogP contribution is -2.34. The summed E-state index contributed by atoms with van der Waals surface area (Å²) in [6.07, 6.45) is 0.419. The zero-order valence-electron chi connectivity index (χ0n) is 8.24. The summed E-state index contributed by atoms with van der Waals surface area (Å²) in [7, 11) is -1.54. The number of hydrogen-bond acceptors (Lipinski definition) is 5. The van der Waals surface area contributed by atoms with Crippen LogP contribution in [0.3, 0.4) is 0 Å². The van der Waals surface area contributed by atoms with E-state index in [1.807, 2.05) is 4.90 Å². The molecule has 1 aromatic heterocycles. The van der Waals surface area contributed by atoms with Crippen LogP contribution in [-0.4, -0.2) is 46.5 Å². The number of nitrogens with zero attached hydrogens (tertiary/aromatic N) is 2. The number of aliphatic hydroxyl groups excluding tert-OH is 1. The molecule has 1 aromatic rings. The number of β-amino-alcohol motifs (C(OH)–C–C–N with tert-alkyl or cyclic N) is 1. The van der Waals surface area contributed by atoms with Gasteiger partial charge in [-0.25, -0.2) is 4.98 Å².